The van der Waals surface area contributed by atoms with Gasteiger partial charge >= 0.3 is 9.60 Å². The van der Waals surface area contributed by atoms with Crippen LogP contribution in [0.4, 0.5) is 5.69 Å². The molecule has 5 nitrogen and oxygen atoms in total. The maximum absolute atomic E-state index is 10.8. The summed E-state index contributed by atoms with van der Waals surface area (Å²) in [5.74, 6) is 0.228. The van der Waals surface area contributed by atoms with Crippen molar-refractivity contribution in [3.63, 3.8) is 0 Å². The van der Waals surface area contributed by atoms with Crippen LogP contribution >= 0.6 is 34.4 Å². The summed E-state index contributed by atoms with van der Waals surface area (Å²) in [7, 11) is 4.06. The number of thiazole rings is 2. The molecule has 0 atom stereocenters. The number of benzene rings is 2. The molecule has 156 valence electrons. The van der Waals surface area contributed by atoms with E-state index < -0.39 is 0 Å². The molecule has 0 bridgehead atoms. The van der Waals surface area contributed by atoms with Gasteiger partial charge in [0.2, 0.25) is 0 Å². The third-order valence-corrected chi connectivity index (χ3v) is 8.47. The summed E-state index contributed by atoms with van der Waals surface area (Å²) in [5.41, 5.74) is 5.70. The highest BCUT2D eigenvalue weighted by Crippen LogP contribution is 2.44. The van der Waals surface area contributed by atoms with Crippen molar-refractivity contribution in [1.29, 1.82) is 0 Å². The first-order chi connectivity index (χ1) is 15.1. The van der Waals surface area contributed by atoms with Crippen LogP contribution in [0.2, 0.25) is 0 Å². The van der Waals surface area contributed by atoms with Crippen LogP contribution in [-0.2, 0) is 13.6 Å². The van der Waals surface area contributed by atoms with E-state index in [4.69, 9.17) is 4.67 Å². The van der Waals surface area contributed by atoms with Gasteiger partial charge in [-0.05, 0) is 53.9 Å². The van der Waals surface area contributed by atoms with E-state index in [0.717, 1.165) is 25.0 Å². The molecule has 0 spiro atoms. The maximum Gasteiger partial charge on any atom is 0.379 e. The molecule has 3 heterocycles. The third-order valence-electron chi connectivity index (χ3n) is 5.20. The first-order valence-corrected chi connectivity index (χ1v) is 12.3. The normalized spacial score (nSPS) is 12.7. The summed E-state index contributed by atoms with van der Waals surface area (Å²) in [6.45, 7) is 2.65. The Bertz CT molecular complexity index is 1520. The van der Waals surface area contributed by atoms with Gasteiger partial charge in [0.05, 0.1) is 24.0 Å². The average Bonchev–Trinajstić information content (AvgIpc) is 3.39. The van der Waals surface area contributed by atoms with Gasteiger partial charge < -0.3 is 10.0 Å². The minimum atomic E-state index is 0.228. The Morgan fingerprint density at radius 2 is 1.81 bits per heavy atom. The number of thioether (sulfide) groups is 1. The molecule has 1 aliphatic heterocycles. The fraction of sp³-hybridized carbons (Fsp3) is 0.174. The van der Waals surface area contributed by atoms with Crippen molar-refractivity contribution in [2.24, 2.45) is 7.05 Å². The predicted octanol–water partition coefficient (Wildman–Crippen LogP) is 4.09. The van der Waals surface area contributed by atoms with Crippen LogP contribution in [0.1, 0.15) is 11.8 Å². The molecule has 0 fully saturated rings. The number of para-hydroxylation sites is 2. The molecule has 31 heavy (non-hydrogen) atoms. The summed E-state index contributed by atoms with van der Waals surface area (Å²) in [6, 6.07) is 16.6. The number of hydrogen-bond acceptors (Lipinski definition) is 5. The van der Waals surface area contributed by atoms with E-state index in [0.29, 0.717) is 6.54 Å². The van der Waals surface area contributed by atoms with E-state index in [1.165, 1.54) is 26.6 Å². The van der Waals surface area contributed by atoms with Gasteiger partial charge in [0.1, 0.15) is 15.4 Å². The Hall–Kier alpha value is -2.86. The van der Waals surface area contributed by atoms with Crippen LogP contribution in [0, 0.1) is 0 Å². The fourth-order valence-electron chi connectivity index (χ4n) is 3.51. The zero-order chi connectivity index (χ0) is 21.5. The second-order valence-corrected chi connectivity index (χ2v) is 10.1. The predicted molar refractivity (Wildman–Crippen MR) is 131 cm³/mol. The van der Waals surface area contributed by atoms with Crippen molar-refractivity contribution < 1.29 is 5.11 Å². The van der Waals surface area contributed by atoms with Gasteiger partial charge in [-0.3, -0.25) is 0 Å². The van der Waals surface area contributed by atoms with Crippen LogP contribution in [-0.4, -0.2) is 21.3 Å². The Labute approximate surface area is 191 Å². The van der Waals surface area contributed by atoms with Gasteiger partial charge in [-0.15, -0.1) is 0 Å². The van der Waals surface area contributed by atoms with E-state index >= 15 is 0 Å². The van der Waals surface area contributed by atoms with Crippen LogP contribution in [0.3, 0.4) is 0 Å². The lowest BCUT2D eigenvalue weighted by atomic mass is 10.3. The minimum Gasteiger partial charge on any atom is -0.482 e. The van der Waals surface area contributed by atoms with Gasteiger partial charge in [-0.25, -0.2) is 13.8 Å². The van der Waals surface area contributed by atoms with Crippen molar-refractivity contribution >= 4 is 56.4 Å². The summed E-state index contributed by atoms with van der Waals surface area (Å²) in [5, 5.41) is 11.8. The van der Waals surface area contributed by atoms with Crippen molar-refractivity contribution in [3.05, 3.63) is 73.8 Å². The molecule has 0 radical (unpaired) electrons. The lowest BCUT2D eigenvalue weighted by Crippen LogP contribution is -2.23. The molecule has 0 saturated heterocycles. The summed E-state index contributed by atoms with van der Waals surface area (Å²) >= 11 is 4.81. The van der Waals surface area contributed by atoms with Crippen molar-refractivity contribution in [3.8, 4) is 5.88 Å². The summed E-state index contributed by atoms with van der Waals surface area (Å²) in [4.78, 5) is 5.77. The first kappa shape index (κ1) is 20.1. The van der Waals surface area contributed by atoms with Crippen LogP contribution in [0.25, 0.3) is 16.3 Å². The highest BCUT2D eigenvalue weighted by atomic mass is 32.2. The lowest BCUT2D eigenvalue weighted by Gasteiger charge is -2.10. The Morgan fingerprint density at radius 1 is 1.03 bits per heavy atom. The molecule has 0 amide bonds. The number of aromatic hydroxyl groups is 1. The number of aromatic nitrogens is 2. The first-order valence-electron chi connectivity index (χ1n) is 9.89. The smallest absolute Gasteiger partial charge is 0.379 e. The van der Waals surface area contributed by atoms with E-state index in [2.05, 4.69) is 39.5 Å². The van der Waals surface area contributed by atoms with Gasteiger partial charge in [-0.1, -0.05) is 41.8 Å². The molecular weight excluding hydrogens is 444 g/mol. The number of hydrogen-bond donors (Lipinski definition) is 1. The zero-order valence-corrected chi connectivity index (χ0v) is 19.8. The molecule has 4 aromatic rings. The second-order valence-electron chi connectivity index (χ2n) is 7.06. The molecule has 2 aromatic heterocycles. The molecular formula is C23H21N4OS3+. The van der Waals surface area contributed by atoms with Gasteiger partial charge in [0.25, 0.3) is 5.88 Å². The van der Waals surface area contributed by atoms with Crippen molar-refractivity contribution in [1.82, 2.24) is 13.8 Å². The van der Waals surface area contributed by atoms with Gasteiger partial charge in [0.15, 0.2) is 0 Å². The van der Waals surface area contributed by atoms with Crippen LogP contribution < -0.4 is 19.2 Å². The van der Waals surface area contributed by atoms with Crippen LogP contribution in [0.5, 0.6) is 5.88 Å². The number of nitrogens with zero attached hydrogens (tertiary/aromatic N) is 4. The van der Waals surface area contributed by atoms with E-state index in [-0.39, 0.29) is 5.88 Å². The molecule has 1 N–H and O–H groups in total. The highest BCUT2D eigenvalue weighted by molar-refractivity contribution is 8.03. The highest BCUT2D eigenvalue weighted by Gasteiger charge is 2.21. The molecule has 0 unspecified atom stereocenters. The van der Waals surface area contributed by atoms with E-state index in [1.807, 2.05) is 55.9 Å². The fourth-order valence-corrected chi connectivity index (χ4v) is 6.58. The monoisotopic (exact) mass is 465 g/mol. The quantitative estimate of drug-likeness (QED) is 0.358. The second kappa shape index (κ2) is 8.00. The molecule has 0 saturated carbocycles. The maximum atomic E-state index is 10.8. The van der Waals surface area contributed by atoms with Crippen molar-refractivity contribution in [2.45, 2.75) is 18.4 Å². The summed E-state index contributed by atoms with van der Waals surface area (Å²) < 4.78 is 10.0. The molecule has 1 aliphatic rings. The van der Waals surface area contributed by atoms with Crippen molar-refractivity contribution in [2.75, 3.05) is 11.9 Å². The lowest BCUT2D eigenvalue weighted by molar-refractivity contribution is 0.415. The molecule has 5 rings (SSSR count). The minimum absolute atomic E-state index is 0.228. The SMILES string of the molecule is CCn1c(O)c(C=C=C2Sc3ccccc3N2C)sc1=[N+]=c1sc2ccccc2n1C. The molecule has 0 aliphatic carbocycles. The number of aryl methyl sites for hydroxylation is 1. The number of fused-ring (bicyclic) bond motifs is 2. The van der Waals surface area contributed by atoms with E-state index in [1.54, 1.807) is 23.1 Å². The van der Waals surface area contributed by atoms with Gasteiger partial charge in [0, 0.05) is 18.0 Å². The zero-order valence-electron chi connectivity index (χ0n) is 17.4. The van der Waals surface area contributed by atoms with Gasteiger partial charge in [-0.2, -0.15) is 0 Å². The Kier molecular flexibility index (Phi) is 5.18. The Morgan fingerprint density at radius 3 is 2.58 bits per heavy atom. The Balaban J connectivity index is 1.66. The standard InChI is InChI=1S/C23H20N4OS3/c1-4-27-21(28)19(13-14-20-25(2)15-9-5-7-11-17(15)29-20)31-23(27)24-22-26(3)16-10-6-8-12-18(16)30-22/h5-13H,4H2,1-3H3/p+1. The molecule has 8 heteroatoms. The van der Waals surface area contributed by atoms with E-state index in [9.17, 15) is 5.11 Å². The average molecular weight is 466 g/mol. The number of anilines is 1. The van der Waals surface area contributed by atoms with Crippen LogP contribution in [0.15, 0.2) is 64.2 Å². The summed E-state index contributed by atoms with van der Waals surface area (Å²) in [6.07, 6.45) is 1.86. The number of rotatable bonds is 2. The largest absolute Gasteiger partial charge is 0.482 e. The third kappa shape index (κ3) is 3.49. The molecule has 2 aromatic carbocycles. The topological polar surface area (TPSA) is 47.4 Å².